The zero-order valence-electron chi connectivity index (χ0n) is 9.30. The molecular formula is C15H12N2. The lowest BCUT2D eigenvalue weighted by Crippen LogP contribution is -1.79. The van der Waals surface area contributed by atoms with Gasteiger partial charge in [0.1, 0.15) is 0 Å². The molecule has 0 bridgehead atoms. The highest BCUT2D eigenvalue weighted by Gasteiger charge is 2.02. The number of nitrogens with one attached hydrogen (secondary N) is 1. The summed E-state index contributed by atoms with van der Waals surface area (Å²) in [5, 5.41) is 0. The molecule has 0 radical (unpaired) electrons. The summed E-state index contributed by atoms with van der Waals surface area (Å²) in [6.45, 7) is 0. The Bertz CT molecular complexity index is 543. The molecule has 0 aliphatic carbocycles. The number of aromatic nitrogens is 2. The molecule has 0 saturated carbocycles. The van der Waals surface area contributed by atoms with Crippen LogP contribution in [0.4, 0.5) is 0 Å². The molecule has 0 saturated heterocycles. The van der Waals surface area contributed by atoms with E-state index in [-0.39, 0.29) is 0 Å². The fourth-order valence-corrected chi connectivity index (χ4v) is 1.88. The van der Waals surface area contributed by atoms with Gasteiger partial charge in [0.05, 0.1) is 0 Å². The quantitative estimate of drug-likeness (QED) is 0.700. The van der Waals surface area contributed by atoms with E-state index in [9.17, 15) is 0 Å². The highest BCUT2D eigenvalue weighted by Crippen LogP contribution is 2.23. The lowest BCUT2D eigenvalue weighted by molar-refractivity contribution is 1.31. The number of H-pyrrole nitrogens is 1. The van der Waals surface area contributed by atoms with Crippen molar-refractivity contribution in [3.05, 3.63) is 67.0 Å². The van der Waals surface area contributed by atoms with Gasteiger partial charge in [-0.15, -0.1) is 0 Å². The normalized spacial score (nSPS) is 10.4. The van der Waals surface area contributed by atoms with E-state index in [4.69, 9.17) is 0 Å². The van der Waals surface area contributed by atoms with Crippen LogP contribution < -0.4 is 0 Å². The molecule has 0 fully saturated rings. The van der Waals surface area contributed by atoms with Gasteiger partial charge in [-0.3, -0.25) is 4.98 Å². The first-order valence-corrected chi connectivity index (χ1v) is 5.58. The van der Waals surface area contributed by atoms with Gasteiger partial charge in [-0.1, -0.05) is 30.3 Å². The lowest BCUT2D eigenvalue weighted by Gasteiger charge is -1.98. The van der Waals surface area contributed by atoms with Crippen molar-refractivity contribution >= 4 is 0 Å². The van der Waals surface area contributed by atoms with Gasteiger partial charge in [0, 0.05) is 29.3 Å². The lowest BCUT2D eigenvalue weighted by atomic mass is 10.2. The first-order valence-electron chi connectivity index (χ1n) is 5.58. The van der Waals surface area contributed by atoms with Gasteiger partial charge in [0.15, 0.2) is 0 Å². The first kappa shape index (κ1) is 9.85. The molecule has 0 spiro atoms. The minimum absolute atomic E-state index is 1.12. The van der Waals surface area contributed by atoms with Crippen LogP contribution in [0.5, 0.6) is 0 Å². The van der Waals surface area contributed by atoms with Crippen LogP contribution in [0.1, 0.15) is 0 Å². The average Bonchev–Trinajstić information content (AvgIpc) is 2.90. The summed E-state index contributed by atoms with van der Waals surface area (Å²) in [6, 6.07) is 18.5. The molecule has 3 aromatic rings. The SMILES string of the molecule is c1ccc(-c2ccc(-c3ccncc3)[nH]2)cc1. The summed E-state index contributed by atoms with van der Waals surface area (Å²) in [5.74, 6) is 0. The maximum absolute atomic E-state index is 4.02. The van der Waals surface area contributed by atoms with Gasteiger partial charge in [0.2, 0.25) is 0 Å². The summed E-state index contributed by atoms with van der Waals surface area (Å²) in [4.78, 5) is 7.44. The van der Waals surface area contributed by atoms with Crippen molar-refractivity contribution < 1.29 is 0 Å². The maximum Gasteiger partial charge on any atom is 0.0459 e. The molecule has 2 heterocycles. The summed E-state index contributed by atoms with van der Waals surface area (Å²) < 4.78 is 0. The predicted molar refractivity (Wildman–Crippen MR) is 69.5 cm³/mol. The molecule has 1 N–H and O–H groups in total. The Labute approximate surface area is 100.0 Å². The Hall–Kier alpha value is -2.35. The largest absolute Gasteiger partial charge is 0.355 e. The number of hydrogen-bond acceptors (Lipinski definition) is 1. The molecule has 2 heteroatoms. The van der Waals surface area contributed by atoms with Crippen LogP contribution in [0.25, 0.3) is 22.5 Å². The molecule has 2 aromatic heterocycles. The third kappa shape index (κ3) is 1.97. The Morgan fingerprint density at radius 3 is 1.88 bits per heavy atom. The van der Waals surface area contributed by atoms with Crippen LogP contribution in [-0.4, -0.2) is 9.97 Å². The number of hydrogen-bond donors (Lipinski definition) is 1. The standard InChI is InChI=1S/C15H12N2/c1-2-4-12(5-3-1)14-6-7-15(17-14)13-8-10-16-11-9-13/h1-11,17H. The molecule has 2 nitrogen and oxygen atoms in total. The van der Waals surface area contributed by atoms with E-state index in [1.165, 1.54) is 5.56 Å². The van der Waals surface area contributed by atoms with Crippen LogP contribution >= 0.6 is 0 Å². The molecule has 1 aromatic carbocycles. The fourth-order valence-electron chi connectivity index (χ4n) is 1.88. The molecule has 82 valence electrons. The van der Waals surface area contributed by atoms with Gasteiger partial charge >= 0.3 is 0 Å². The number of nitrogens with zero attached hydrogens (tertiary/aromatic N) is 1. The summed E-state index contributed by atoms with van der Waals surface area (Å²) >= 11 is 0. The Morgan fingerprint density at radius 2 is 1.24 bits per heavy atom. The smallest absolute Gasteiger partial charge is 0.0459 e. The molecule has 0 aliphatic heterocycles. The van der Waals surface area contributed by atoms with Crippen molar-refractivity contribution in [1.82, 2.24) is 9.97 Å². The van der Waals surface area contributed by atoms with Crippen molar-refractivity contribution in [1.29, 1.82) is 0 Å². The van der Waals surface area contributed by atoms with Crippen LogP contribution in [0.2, 0.25) is 0 Å². The molecule has 0 unspecified atom stereocenters. The van der Waals surface area contributed by atoms with E-state index in [0.717, 1.165) is 17.0 Å². The third-order valence-electron chi connectivity index (χ3n) is 2.76. The van der Waals surface area contributed by atoms with Gasteiger partial charge in [-0.05, 0) is 29.8 Å². The minimum Gasteiger partial charge on any atom is -0.355 e. The highest BCUT2D eigenvalue weighted by molar-refractivity contribution is 5.67. The number of benzene rings is 1. The molecule has 0 aliphatic rings. The zero-order valence-corrected chi connectivity index (χ0v) is 9.30. The molecular weight excluding hydrogens is 208 g/mol. The van der Waals surface area contributed by atoms with E-state index in [1.54, 1.807) is 12.4 Å². The van der Waals surface area contributed by atoms with E-state index in [1.807, 2.05) is 30.3 Å². The van der Waals surface area contributed by atoms with E-state index < -0.39 is 0 Å². The van der Waals surface area contributed by atoms with E-state index >= 15 is 0 Å². The van der Waals surface area contributed by atoms with Crippen molar-refractivity contribution in [3.63, 3.8) is 0 Å². The fraction of sp³-hybridized carbons (Fsp3) is 0. The maximum atomic E-state index is 4.02. The second-order valence-electron chi connectivity index (χ2n) is 3.89. The number of rotatable bonds is 2. The van der Waals surface area contributed by atoms with Crippen molar-refractivity contribution in [3.8, 4) is 22.5 Å². The average molecular weight is 220 g/mol. The minimum atomic E-state index is 1.12. The number of aromatic amines is 1. The zero-order chi connectivity index (χ0) is 11.5. The van der Waals surface area contributed by atoms with Crippen molar-refractivity contribution in [2.75, 3.05) is 0 Å². The highest BCUT2D eigenvalue weighted by atomic mass is 14.7. The molecule has 0 atom stereocenters. The van der Waals surface area contributed by atoms with E-state index in [0.29, 0.717) is 0 Å². The molecule has 17 heavy (non-hydrogen) atoms. The monoisotopic (exact) mass is 220 g/mol. The van der Waals surface area contributed by atoms with Gasteiger partial charge in [0.25, 0.3) is 0 Å². The van der Waals surface area contributed by atoms with Crippen molar-refractivity contribution in [2.45, 2.75) is 0 Å². The predicted octanol–water partition coefficient (Wildman–Crippen LogP) is 3.74. The van der Waals surface area contributed by atoms with Crippen LogP contribution in [0, 0.1) is 0 Å². The van der Waals surface area contributed by atoms with Gasteiger partial charge in [-0.2, -0.15) is 0 Å². The Morgan fingerprint density at radius 1 is 0.647 bits per heavy atom. The van der Waals surface area contributed by atoms with E-state index in [2.05, 4.69) is 34.2 Å². The molecule has 0 amide bonds. The molecule has 3 rings (SSSR count). The first-order chi connectivity index (χ1) is 8.43. The van der Waals surface area contributed by atoms with Crippen molar-refractivity contribution in [2.24, 2.45) is 0 Å². The summed E-state index contributed by atoms with van der Waals surface area (Å²) in [6.07, 6.45) is 3.61. The van der Waals surface area contributed by atoms with Crippen LogP contribution in [0.15, 0.2) is 67.0 Å². The second-order valence-corrected chi connectivity index (χ2v) is 3.89. The second kappa shape index (κ2) is 4.26. The van der Waals surface area contributed by atoms with Gasteiger partial charge < -0.3 is 4.98 Å². The third-order valence-corrected chi connectivity index (χ3v) is 2.76. The summed E-state index contributed by atoms with van der Waals surface area (Å²) in [5.41, 5.74) is 4.61. The summed E-state index contributed by atoms with van der Waals surface area (Å²) in [7, 11) is 0. The Balaban J connectivity index is 1.99. The van der Waals surface area contributed by atoms with Gasteiger partial charge in [-0.25, -0.2) is 0 Å². The Kier molecular flexibility index (Phi) is 2.47. The topological polar surface area (TPSA) is 28.7 Å². The van der Waals surface area contributed by atoms with Crippen LogP contribution in [-0.2, 0) is 0 Å². The number of pyridine rings is 1. The van der Waals surface area contributed by atoms with Crippen LogP contribution in [0.3, 0.4) is 0 Å².